The Hall–Kier alpha value is -1.38. The van der Waals surface area contributed by atoms with E-state index < -0.39 is 0 Å². The van der Waals surface area contributed by atoms with Crippen LogP contribution in [-0.4, -0.2) is 17.4 Å². The fraction of sp³-hybridized carbons (Fsp3) is 0.500. The molecule has 0 aliphatic heterocycles. The van der Waals surface area contributed by atoms with Crippen molar-refractivity contribution >= 4 is 6.29 Å². The summed E-state index contributed by atoms with van der Waals surface area (Å²) in [6, 6.07) is 3.66. The van der Waals surface area contributed by atoms with E-state index in [4.69, 9.17) is 4.74 Å². The average molecular weight is 207 g/mol. The molecule has 0 spiro atoms. The molecule has 15 heavy (non-hydrogen) atoms. The molecular weight excluding hydrogens is 190 g/mol. The molecule has 3 heteroatoms. The highest BCUT2D eigenvalue weighted by Crippen LogP contribution is 2.18. The second-order valence-corrected chi connectivity index (χ2v) is 3.51. The molecule has 0 saturated heterocycles. The highest BCUT2D eigenvalue weighted by Gasteiger charge is 2.10. The average Bonchev–Trinajstić information content (AvgIpc) is 2.27. The molecule has 0 atom stereocenters. The number of carbonyl (C=O) groups excluding carboxylic acids is 1. The van der Waals surface area contributed by atoms with Crippen LogP contribution in [0.5, 0.6) is 5.75 Å². The molecule has 3 nitrogen and oxygen atoms in total. The molecule has 0 N–H and O–H groups in total. The second-order valence-electron chi connectivity index (χ2n) is 3.51. The third-order valence-electron chi connectivity index (χ3n) is 2.34. The molecule has 1 aromatic heterocycles. The summed E-state index contributed by atoms with van der Waals surface area (Å²) < 4.78 is 5.70. The molecule has 0 aromatic carbocycles. The van der Waals surface area contributed by atoms with Crippen LogP contribution in [0.25, 0.3) is 0 Å². The van der Waals surface area contributed by atoms with Gasteiger partial charge in [-0.25, -0.2) is 4.98 Å². The number of carbonyl (C=O) groups is 1. The van der Waals surface area contributed by atoms with Crippen molar-refractivity contribution in [2.24, 2.45) is 0 Å². The van der Waals surface area contributed by atoms with Gasteiger partial charge < -0.3 is 4.74 Å². The predicted octanol–water partition coefficient (Wildman–Crippen LogP) is 2.77. The normalized spacial score (nSPS) is 10.4. The van der Waals surface area contributed by atoms with Gasteiger partial charge >= 0.3 is 0 Å². The quantitative estimate of drug-likeness (QED) is 0.697. The summed E-state index contributed by atoms with van der Waals surface area (Å²) in [5.41, 5.74) is 1.22. The van der Waals surface area contributed by atoms with Gasteiger partial charge in [0.05, 0.1) is 6.10 Å². The maximum atomic E-state index is 10.8. The predicted molar refractivity (Wildman–Crippen MR) is 59.4 cm³/mol. The number of nitrogens with zero attached hydrogens (tertiary/aromatic N) is 1. The standard InChI is InChI=1S/C12H17NO2/c1-4-10(5-2)15-12-7-6-9(3)13-11(12)8-14/h6-8,10H,4-5H2,1-3H3. The highest BCUT2D eigenvalue weighted by atomic mass is 16.5. The number of aldehydes is 1. The van der Waals surface area contributed by atoms with Crippen molar-refractivity contribution in [3.63, 3.8) is 0 Å². The lowest BCUT2D eigenvalue weighted by Crippen LogP contribution is -2.15. The second kappa shape index (κ2) is 5.49. The lowest BCUT2D eigenvalue weighted by atomic mass is 10.2. The van der Waals surface area contributed by atoms with Gasteiger partial charge in [-0.05, 0) is 31.9 Å². The number of pyridine rings is 1. The van der Waals surface area contributed by atoms with Gasteiger partial charge in [-0.3, -0.25) is 4.79 Å². The molecule has 1 aromatic rings. The van der Waals surface area contributed by atoms with Crippen LogP contribution in [0.3, 0.4) is 0 Å². The van der Waals surface area contributed by atoms with Crippen LogP contribution >= 0.6 is 0 Å². The molecule has 1 rings (SSSR count). The van der Waals surface area contributed by atoms with E-state index in [1.165, 1.54) is 0 Å². The van der Waals surface area contributed by atoms with Gasteiger partial charge in [0.15, 0.2) is 6.29 Å². The first-order valence-corrected chi connectivity index (χ1v) is 5.30. The molecule has 1 heterocycles. The van der Waals surface area contributed by atoms with Crippen LogP contribution in [-0.2, 0) is 0 Å². The Morgan fingerprint density at radius 1 is 1.40 bits per heavy atom. The topological polar surface area (TPSA) is 39.2 Å². The van der Waals surface area contributed by atoms with Gasteiger partial charge in [-0.1, -0.05) is 13.8 Å². The minimum Gasteiger partial charge on any atom is -0.488 e. The van der Waals surface area contributed by atoms with Gasteiger partial charge in [-0.2, -0.15) is 0 Å². The smallest absolute Gasteiger partial charge is 0.172 e. The molecule has 0 aliphatic carbocycles. The third kappa shape index (κ3) is 3.05. The first-order valence-electron chi connectivity index (χ1n) is 5.30. The number of rotatable bonds is 5. The highest BCUT2D eigenvalue weighted by molar-refractivity contribution is 5.76. The molecule has 0 unspecified atom stereocenters. The van der Waals surface area contributed by atoms with E-state index in [1.807, 2.05) is 19.1 Å². The van der Waals surface area contributed by atoms with Gasteiger partial charge in [0.1, 0.15) is 11.4 Å². The zero-order chi connectivity index (χ0) is 11.3. The van der Waals surface area contributed by atoms with E-state index in [0.29, 0.717) is 11.4 Å². The van der Waals surface area contributed by atoms with Crippen molar-refractivity contribution in [2.75, 3.05) is 0 Å². The number of hydrogen-bond donors (Lipinski definition) is 0. The Morgan fingerprint density at radius 2 is 2.07 bits per heavy atom. The number of aromatic nitrogens is 1. The molecule has 0 bridgehead atoms. The summed E-state index contributed by atoms with van der Waals surface area (Å²) in [4.78, 5) is 14.9. The first-order chi connectivity index (χ1) is 7.21. The molecule has 82 valence electrons. The van der Waals surface area contributed by atoms with E-state index in [9.17, 15) is 4.79 Å². The Balaban J connectivity index is 2.88. The minimum absolute atomic E-state index is 0.160. The number of aryl methyl sites for hydroxylation is 1. The van der Waals surface area contributed by atoms with Crippen LogP contribution in [0, 0.1) is 6.92 Å². The maximum absolute atomic E-state index is 10.8. The summed E-state index contributed by atoms with van der Waals surface area (Å²) in [7, 11) is 0. The van der Waals surface area contributed by atoms with E-state index in [2.05, 4.69) is 18.8 Å². The van der Waals surface area contributed by atoms with Crippen molar-refractivity contribution in [3.05, 3.63) is 23.5 Å². The van der Waals surface area contributed by atoms with Crippen molar-refractivity contribution in [1.29, 1.82) is 0 Å². The van der Waals surface area contributed by atoms with Crippen LogP contribution in [0.1, 0.15) is 42.9 Å². The van der Waals surface area contributed by atoms with Crippen molar-refractivity contribution in [3.8, 4) is 5.75 Å². The Morgan fingerprint density at radius 3 is 2.60 bits per heavy atom. The summed E-state index contributed by atoms with van der Waals surface area (Å²) >= 11 is 0. The van der Waals surface area contributed by atoms with E-state index in [-0.39, 0.29) is 6.10 Å². The van der Waals surface area contributed by atoms with Crippen molar-refractivity contribution < 1.29 is 9.53 Å². The molecule has 0 fully saturated rings. The fourth-order valence-corrected chi connectivity index (χ4v) is 1.38. The van der Waals surface area contributed by atoms with Crippen LogP contribution < -0.4 is 4.74 Å². The van der Waals surface area contributed by atoms with Crippen LogP contribution in [0.2, 0.25) is 0 Å². The fourth-order valence-electron chi connectivity index (χ4n) is 1.38. The van der Waals surface area contributed by atoms with Gasteiger partial charge in [-0.15, -0.1) is 0 Å². The van der Waals surface area contributed by atoms with Crippen molar-refractivity contribution in [2.45, 2.75) is 39.7 Å². The Kier molecular flexibility index (Phi) is 4.28. The molecule has 0 saturated carbocycles. The minimum atomic E-state index is 0.160. The Bertz CT molecular complexity index is 332. The molecule has 0 radical (unpaired) electrons. The van der Waals surface area contributed by atoms with Crippen molar-refractivity contribution in [1.82, 2.24) is 4.98 Å². The summed E-state index contributed by atoms with van der Waals surface area (Å²) in [5.74, 6) is 0.587. The van der Waals surface area contributed by atoms with E-state index >= 15 is 0 Å². The zero-order valence-electron chi connectivity index (χ0n) is 9.49. The SMILES string of the molecule is CCC(CC)Oc1ccc(C)nc1C=O. The van der Waals surface area contributed by atoms with Gasteiger partial charge in [0.2, 0.25) is 0 Å². The van der Waals surface area contributed by atoms with Gasteiger partial charge in [0.25, 0.3) is 0 Å². The van der Waals surface area contributed by atoms with Gasteiger partial charge in [0, 0.05) is 5.69 Å². The van der Waals surface area contributed by atoms with E-state index in [1.54, 1.807) is 0 Å². The largest absolute Gasteiger partial charge is 0.488 e. The number of ether oxygens (including phenoxy) is 1. The number of hydrogen-bond acceptors (Lipinski definition) is 3. The monoisotopic (exact) mass is 207 g/mol. The van der Waals surface area contributed by atoms with E-state index in [0.717, 1.165) is 24.8 Å². The maximum Gasteiger partial charge on any atom is 0.172 e. The molecule has 0 amide bonds. The molecule has 0 aliphatic rings. The Labute approximate surface area is 90.5 Å². The lowest BCUT2D eigenvalue weighted by Gasteiger charge is -2.16. The summed E-state index contributed by atoms with van der Waals surface area (Å²) in [5, 5.41) is 0. The lowest BCUT2D eigenvalue weighted by molar-refractivity contribution is 0.111. The van der Waals surface area contributed by atoms with Crippen LogP contribution in [0.4, 0.5) is 0 Å². The zero-order valence-corrected chi connectivity index (χ0v) is 9.49. The molecular formula is C12H17NO2. The first kappa shape index (κ1) is 11.7. The summed E-state index contributed by atoms with van der Waals surface area (Å²) in [6.45, 7) is 5.99. The third-order valence-corrected chi connectivity index (χ3v) is 2.34. The summed E-state index contributed by atoms with van der Waals surface area (Å²) in [6.07, 6.45) is 2.77. The van der Waals surface area contributed by atoms with Crippen LogP contribution in [0.15, 0.2) is 12.1 Å².